The van der Waals surface area contributed by atoms with E-state index in [1.54, 1.807) is 7.05 Å². The van der Waals surface area contributed by atoms with E-state index in [-0.39, 0.29) is 18.4 Å². The van der Waals surface area contributed by atoms with Gasteiger partial charge in [-0.2, -0.15) is 0 Å². The van der Waals surface area contributed by atoms with E-state index in [1.807, 2.05) is 63.2 Å². The third-order valence-corrected chi connectivity index (χ3v) is 4.02. The lowest BCUT2D eigenvalue weighted by Crippen LogP contribution is -2.35. The van der Waals surface area contributed by atoms with Crippen LogP contribution in [-0.4, -0.2) is 30.3 Å². The summed E-state index contributed by atoms with van der Waals surface area (Å²) in [4.78, 5) is 26.3. The molecule has 0 aliphatic carbocycles. The van der Waals surface area contributed by atoms with Crippen LogP contribution in [0.15, 0.2) is 42.5 Å². The number of nitrogens with zero attached hydrogens (tertiary/aromatic N) is 1. The Morgan fingerprint density at radius 2 is 1.79 bits per heavy atom. The summed E-state index contributed by atoms with van der Waals surface area (Å²) >= 11 is 0. The number of benzene rings is 2. The minimum absolute atomic E-state index is 0.0181. The third kappa shape index (κ3) is 4.22. The Morgan fingerprint density at radius 3 is 2.50 bits per heavy atom. The molecule has 0 heterocycles. The van der Waals surface area contributed by atoms with Crippen LogP contribution in [0.1, 0.15) is 34.0 Å². The molecule has 0 bridgehead atoms. The molecule has 126 valence electrons. The highest BCUT2D eigenvalue weighted by Gasteiger charge is 2.17. The van der Waals surface area contributed by atoms with Gasteiger partial charge in [0, 0.05) is 18.3 Å². The van der Waals surface area contributed by atoms with E-state index < -0.39 is 0 Å². The molecule has 2 rings (SSSR count). The van der Waals surface area contributed by atoms with E-state index in [0.29, 0.717) is 5.56 Å². The predicted octanol–water partition coefficient (Wildman–Crippen LogP) is 3.58. The Morgan fingerprint density at radius 1 is 1.08 bits per heavy atom. The van der Waals surface area contributed by atoms with Gasteiger partial charge < -0.3 is 10.2 Å². The van der Waals surface area contributed by atoms with E-state index in [4.69, 9.17) is 0 Å². The standard InChI is InChI=1S/C20H24N2O2/c1-5-16-8-6-7-9-18(16)21-19(23)13-22(4)20(24)17-12-14(2)10-11-15(17)3/h6-12H,5,13H2,1-4H3,(H,21,23). The highest BCUT2D eigenvalue weighted by molar-refractivity contribution is 6.00. The van der Waals surface area contributed by atoms with Gasteiger partial charge in [0.1, 0.15) is 0 Å². The van der Waals surface area contributed by atoms with Crippen LogP contribution in [-0.2, 0) is 11.2 Å². The zero-order valence-electron chi connectivity index (χ0n) is 14.7. The Hall–Kier alpha value is -2.62. The molecule has 0 aliphatic rings. The molecule has 24 heavy (non-hydrogen) atoms. The maximum Gasteiger partial charge on any atom is 0.254 e. The van der Waals surface area contributed by atoms with Crippen LogP contribution in [0, 0.1) is 13.8 Å². The SMILES string of the molecule is CCc1ccccc1NC(=O)CN(C)C(=O)c1cc(C)ccc1C. The van der Waals surface area contributed by atoms with Crippen LogP contribution in [0.2, 0.25) is 0 Å². The summed E-state index contributed by atoms with van der Waals surface area (Å²) < 4.78 is 0. The lowest BCUT2D eigenvalue weighted by molar-refractivity contribution is -0.116. The summed E-state index contributed by atoms with van der Waals surface area (Å²) in [5.74, 6) is -0.341. The van der Waals surface area contributed by atoms with Gasteiger partial charge in [0.25, 0.3) is 5.91 Å². The number of hydrogen-bond donors (Lipinski definition) is 1. The van der Waals surface area contributed by atoms with Gasteiger partial charge >= 0.3 is 0 Å². The van der Waals surface area contributed by atoms with Crippen molar-refractivity contribution in [1.82, 2.24) is 4.90 Å². The summed E-state index contributed by atoms with van der Waals surface area (Å²) in [5, 5.41) is 2.89. The van der Waals surface area contributed by atoms with Gasteiger partial charge in [0.15, 0.2) is 0 Å². The van der Waals surface area contributed by atoms with Gasteiger partial charge in [0.05, 0.1) is 6.54 Å². The molecule has 2 aromatic rings. The van der Waals surface area contributed by atoms with Crippen molar-refractivity contribution in [1.29, 1.82) is 0 Å². The largest absolute Gasteiger partial charge is 0.332 e. The van der Waals surface area contributed by atoms with Crippen molar-refractivity contribution in [3.63, 3.8) is 0 Å². The molecule has 0 radical (unpaired) electrons. The van der Waals surface area contributed by atoms with Gasteiger partial charge in [-0.25, -0.2) is 0 Å². The molecule has 4 heteroatoms. The number of likely N-dealkylation sites (N-methyl/N-ethyl adjacent to an activating group) is 1. The average Bonchev–Trinajstić information content (AvgIpc) is 2.56. The van der Waals surface area contributed by atoms with Crippen LogP contribution in [0.3, 0.4) is 0 Å². The second kappa shape index (κ2) is 7.77. The second-order valence-corrected chi connectivity index (χ2v) is 6.04. The number of rotatable bonds is 5. The van der Waals surface area contributed by atoms with Crippen LogP contribution >= 0.6 is 0 Å². The van der Waals surface area contributed by atoms with E-state index in [1.165, 1.54) is 4.90 Å². The Kier molecular flexibility index (Phi) is 5.74. The van der Waals surface area contributed by atoms with Crippen LogP contribution in [0.25, 0.3) is 0 Å². The smallest absolute Gasteiger partial charge is 0.254 e. The first-order valence-electron chi connectivity index (χ1n) is 8.12. The highest BCUT2D eigenvalue weighted by Crippen LogP contribution is 2.16. The summed E-state index contributed by atoms with van der Waals surface area (Å²) in [6.07, 6.45) is 0.841. The fourth-order valence-corrected chi connectivity index (χ4v) is 2.60. The molecule has 0 spiro atoms. The van der Waals surface area contributed by atoms with Crippen molar-refractivity contribution < 1.29 is 9.59 Å². The molecule has 0 aliphatic heterocycles. The third-order valence-electron chi connectivity index (χ3n) is 4.02. The number of hydrogen-bond acceptors (Lipinski definition) is 2. The lowest BCUT2D eigenvalue weighted by Gasteiger charge is -2.19. The summed E-state index contributed by atoms with van der Waals surface area (Å²) in [7, 11) is 1.65. The fraction of sp³-hybridized carbons (Fsp3) is 0.300. The zero-order valence-corrected chi connectivity index (χ0v) is 14.7. The molecular formula is C20H24N2O2. The maximum atomic E-state index is 12.6. The number of para-hydroxylation sites is 1. The van der Waals surface area contributed by atoms with E-state index in [2.05, 4.69) is 5.32 Å². The normalized spacial score (nSPS) is 10.3. The van der Waals surface area contributed by atoms with Gasteiger partial charge in [-0.05, 0) is 43.5 Å². The molecule has 0 atom stereocenters. The zero-order chi connectivity index (χ0) is 17.7. The first kappa shape index (κ1) is 17.7. The molecular weight excluding hydrogens is 300 g/mol. The molecule has 2 amide bonds. The van der Waals surface area contributed by atoms with Gasteiger partial charge in [-0.3, -0.25) is 9.59 Å². The molecule has 0 unspecified atom stereocenters. The van der Waals surface area contributed by atoms with Gasteiger partial charge in [0.2, 0.25) is 5.91 Å². The average molecular weight is 324 g/mol. The van der Waals surface area contributed by atoms with Gasteiger partial charge in [-0.1, -0.05) is 42.8 Å². The molecule has 0 aromatic heterocycles. The van der Waals surface area contributed by atoms with Gasteiger partial charge in [-0.15, -0.1) is 0 Å². The highest BCUT2D eigenvalue weighted by atomic mass is 16.2. The fourth-order valence-electron chi connectivity index (χ4n) is 2.60. The monoisotopic (exact) mass is 324 g/mol. The second-order valence-electron chi connectivity index (χ2n) is 6.04. The maximum absolute atomic E-state index is 12.6. The molecule has 4 nitrogen and oxygen atoms in total. The minimum atomic E-state index is -0.197. The van der Waals surface area contributed by atoms with Crippen molar-refractivity contribution in [3.05, 3.63) is 64.7 Å². The van der Waals surface area contributed by atoms with Crippen molar-refractivity contribution in [2.75, 3.05) is 18.9 Å². The lowest BCUT2D eigenvalue weighted by atomic mass is 10.0. The van der Waals surface area contributed by atoms with Crippen molar-refractivity contribution in [2.24, 2.45) is 0 Å². The van der Waals surface area contributed by atoms with E-state index in [0.717, 1.165) is 28.8 Å². The van der Waals surface area contributed by atoms with Crippen LogP contribution in [0.4, 0.5) is 5.69 Å². The molecule has 0 fully saturated rings. The number of aryl methyl sites for hydroxylation is 3. The quantitative estimate of drug-likeness (QED) is 0.914. The number of carbonyl (C=O) groups excluding carboxylic acids is 2. The number of carbonyl (C=O) groups is 2. The molecule has 1 N–H and O–H groups in total. The Bertz CT molecular complexity index is 753. The van der Waals surface area contributed by atoms with Crippen LogP contribution < -0.4 is 5.32 Å². The summed E-state index contributed by atoms with van der Waals surface area (Å²) in [5.41, 5.74) is 4.46. The van der Waals surface area contributed by atoms with Crippen molar-refractivity contribution in [2.45, 2.75) is 27.2 Å². The summed E-state index contributed by atoms with van der Waals surface area (Å²) in [6, 6.07) is 13.5. The molecule has 0 saturated heterocycles. The first-order chi connectivity index (χ1) is 11.4. The minimum Gasteiger partial charge on any atom is -0.332 e. The first-order valence-corrected chi connectivity index (χ1v) is 8.12. The summed E-state index contributed by atoms with van der Waals surface area (Å²) in [6.45, 7) is 5.91. The van der Waals surface area contributed by atoms with E-state index >= 15 is 0 Å². The predicted molar refractivity (Wildman–Crippen MR) is 97.3 cm³/mol. The van der Waals surface area contributed by atoms with Crippen molar-refractivity contribution in [3.8, 4) is 0 Å². The molecule has 0 saturated carbocycles. The number of anilines is 1. The van der Waals surface area contributed by atoms with Crippen LogP contribution in [0.5, 0.6) is 0 Å². The Labute approximate surface area is 143 Å². The van der Waals surface area contributed by atoms with E-state index in [9.17, 15) is 9.59 Å². The molecule has 2 aromatic carbocycles. The Balaban J connectivity index is 2.06. The number of nitrogens with one attached hydrogen (secondary N) is 1. The topological polar surface area (TPSA) is 49.4 Å². The van der Waals surface area contributed by atoms with Crippen molar-refractivity contribution >= 4 is 17.5 Å². The number of amides is 2.